The van der Waals surface area contributed by atoms with Crippen molar-refractivity contribution in [1.82, 2.24) is 9.80 Å². The third-order valence-corrected chi connectivity index (χ3v) is 6.12. The molecule has 1 aromatic rings. The molecule has 2 fully saturated rings. The van der Waals surface area contributed by atoms with Crippen molar-refractivity contribution >= 4 is 17.7 Å². The number of carbonyl (C=O) groups excluding carboxylic acids is 1. The standard InChI is InChI=1S/C20H30N2OS/c1-20(2,3)17-8-6-16(7-9-17)15-22-10-4-5-18(22)19(23)21-11-13-24-14-12-21/h6-9,18H,4-5,10-15H2,1-3H3. The maximum atomic E-state index is 12.9. The zero-order valence-corrected chi connectivity index (χ0v) is 16.1. The molecule has 1 amide bonds. The van der Waals surface area contributed by atoms with Gasteiger partial charge in [-0.05, 0) is 35.9 Å². The molecule has 0 aromatic heterocycles. The predicted molar refractivity (Wildman–Crippen MR) is 102 cm³/mol. The molecule has 2 saturated heterocycles. The van der Waals surface area contributed by atoms with Crippen LogP contribution in [0.3, 0.4) is 0 Å². The number of carbonyl (C=O) groups is 1. The largest absolute Gasteiger partial charge is 0.340 e. The number of hydrogen-bond donors (Lipinski definition) is 0. The Morgan fingerprint density at radius 3 is 2.42 bits per heavy atom. The fraction of sp³-hybridized carbons (Fsp3) is 0.650. The molecule has 1 unspecified atom stereocenters. The lowest BCUT2D eigenvalue weighted by Crippen LogP contribution is -2.48. The summed E-state index contributed by atoms with van der Waals surface area (Å²) in [6.45, 7) is 10.5. The first kappa shape index (κ1) is 17.8. The highest BCUT2D eigenvalue weighted by atomic mass is 32.2. The van der Waals surface area contributed by atoms with Crippen molar-refractivity contribution in [2.75, 3.05) is 31.1 Å². The van der Waals surface area contributed by atoms with Crippen molar-refractivity contribution in [2.45, 2.75) is 51.6 Å². The molecule has 2 aliphatic rings. The van der Waals surface area contributed by atoms with Crippen LogP contribution in [0.2, 0.25) is 0 Å². The summed E-state index contributed by atoms with van der Waals surface area (Å²) in [4.78, 5) is 17.3. The molecular weight excluding hydrogens is 316 g/mol. The van der Waals surface area contributed by atoms with E-state index in [4.69, 9.17) is 0 Å². The molecule has 0 aliphatic carbocycles. The summed E-state index contributed by atoms with van der Waals surface area (Å²) in [7, 11) is 0. The summed E-state index contributed by atoms with van der Waals surface area (Å²) in [6, 6.07) is 9.04. The monoisotopic (exact) mass is 346 g/mol. The zero-order valence-electron chi connectivity index (χ0n) is 15.3. The van der Waals surface area contributed by atoms with Crippen LogP contribution in [0.25, 0.3) is 0 Å². The van der Waals surface area contributed by atoms with Crippen LogP contribution in [0, 0.1) is 0 Å². The van der Waals surface area contributed by atoms with E-state index in [1.165, 1.54) is 11.1 Å². The van der Waals surface area contributed by atoms with Crippen LogP contribution in [0.1, 0.15) is 44.7 Å². The van der Waals surface area contributed by atoms with Gasteiger partial charge in [-0.1, -0.05) is 45.0 Å². The lowest BCUT2D eigenvalue weighted by molar-refractivity contribution is -0.135. The zero-order chi connectivity index (χ0) is 17.2. The second-order valence-electron chi connectivity index (χ2n) is 8.01. The van der Waals surface area contributed by atoms with Crippen LogP contribution >= 0.6 is 11.8 Å². The van der Waals surface area contributed by atoms with Gasteiger partial charge in [0.1, 0.15) is 0 Å². The van der Waals surface area contributed by atoms with E-state index in [0.717, 1.165) is 50.5 Å². The molecule has 0 bridgehead atoms. The van der Waals surface area contributed by atoms with E-state index in [1.54, 1.807) is 0 Å². The van der Waals surface area contributed by atoms with E-state index in [-0.39, 0.29) is 11.5 Å². The summed E-state index contributed by atoms with van der Waals surface area (Å²) in [5.41, 5.74) is 2.87. The SMILES string of the molecule is CC(C)(C)c1ccc(CN2CCCC2C(=O)N2CCSCC2)cc1. The van der Waals surface area contributed by atoms with E-state index in [0.29, 0.717) is 5.91 Å². The number of rotatable bonds is 3. The van der Waals surface area contributed by atoms with Crippen LogP contribution in [-0.2, 0) is 16.8 Å². The van der Waals surface area contributed by atoms with Gasteiger partial charge in [0.25, 0.3) is 0 Å². The highest BCUT2D eigenvalue weighted by molar-refractivity contribution is 7.99. The van der Waals surface area contributed by atoms with Crippen molar-refractivity contribution in [1.29, 1.82) is 0 Å². The van der Waals surface area contributed by atoms with Gasteiger partial charge in [0.05, 0.1) is 6.04 Å². The van der Waals surface area contributed by atoms with Crippen LogP contribution in [0.4, 0.5) is 0 Å². The van der Waals surface area contributed by atoms with E-state index in [1.807, 2.05) is 11.8 Å². The number of likely N-dealkylation sites (tertiary alicyclic amines) is 1. The third-order valence-electron chi connectivity index (χ3n) is 5.18. The smallest absolute Gasteiger partial charge is 0.239 e. The van der Waals surface area contributed by atoms with Gasteiger partial charge in [-0.2, -0.15) is 11.8 Å². The topological polar surface area (TPSA) is 23.6 Å². The Morgan fingerprint density at radius 2 is 1.79 bits per heavy atom. The van der Waals surface area contributed by atoms with Crippen LogP contribution in [0.5, 0.6) is 0 Å². The maximum absolute atomic E-state index is 12.9. The molecule has 0 spiro atoms. The minimum atomic E-state index is 0.0930. The summed E-state index contributed by atoms with van der Waals surface area (Å²) in [5, 5.41) is 0. The molecule has 0 saturated carbocycles. The molecule has 2 heterocycles. The minimum Gasteiger partial charge on any atom is -0.340 e. The Morgan fingerprint density at radius 1 is 1.12 bits per heavy atom. The van der Waals surface area contributed by atoms with E-state index >= 15 is 0 Å². The van der Waals surface area contributed by atoms with E-state index in [9.17, 15) is 4.79 Å². The van der Waals surface area contributed by atoms with Crippen molar-refractivity contribution in [2.24, 2.45) is 0 Å². The first-order chi connectivity index (χ1) is 11.4. The number of thioether (sulfide) groups is 1. The number of nitrogens with zero attached hydrogens (tertiary/aromatic N) is 2. The van der Waals surface area contributed by atoms with Crippen molar-refractivity contribution in [3.05, 3.63) is 35.4 Å². The molecule has 0 N–H and O–H groups in total. The molecule has 1 aromatic carbocycles. The Balaban J connectivity index is 1.64. The normalized spacial score (nSPS) is 22.8. The highest BCUT2D eigenvalue weighted by Crippen LogP contribution is 2.25. The fourth-order valence-electron chi connectivity index (χ4n) is 3.63. The molecule has 24 heavy (non-hydrogen) atoms. The minimum absolute atomic E-state index is 0.0930. The first-order valence-corrected chi connectivity index (χ1v) is 10.3. The molecule has 4 heteroatoms. The number of hydrogen-bond acceptors (Lipinski definition) is 3. The van der Waals surface area contributed by atoms with Gasteiger partial charge in [-0.3, -0.25) is 9.69 Å². The average molecular weight is 347 g/mol. The predicted octanol–water partition coefficient (Wildman–Crippen LogP) is 3.52. The number of amides is 1. The van der Waals surface area contributed by atoms with E-state index in [2.05, 4.69) is 54.8 Å². The Bertz CT molecular complexity index is 558. The van der Waals surface area contributed by atoms with Gasteiger partial charge < -0.3 is 4.90 Å². The van der Waals surface area contributed by atoms with Crippen LogP contribution < -0.4 is 0 Å². The molecular formula is C20H30N2OS. The summed E-state index contributed by atoms with van der Waals surface area (Å²) in [5.74, 6) is 2.54. The second-order valence-corrected chi connectivity index (χ2v) is 9.24. The second kappa shape index (κ2) is 7.49. The van der Waals surface area contributed by atoms with Gasteiger partial charge >= 0.3 is 0 Å². The summed E-state index contributed by atoms with van der Waals surface area (Å²) < 4.78 is 0. The average Bonchev–Trinajstić information content (AvgIpc) is 3.03. The molecule has 3 rings (SSSR count). The van der Waals surface area contributed by atoms with Gasteiger partial charge in [-0.15, -0.1) is 0 Å². The lowest BCUT2D eigenvalue weighted by atomic mass is 9.87. The van der Waals surface area contributed by atoms with Gasteiger partial charge in [-0.25, -0.2) is 0 Å². The molecule has 0 radical (unpaired) electrons. The lowest BCUT2D eigenvalue weighted by Gasteiger charge is -2.32. The van der Waals surface area contributed by atoms with Gasteiger partial charge in [0, 0.05) is 31.1 Å². The molecule has 1 atom stereocenters. The molecule has 2 aliphatic heterocycles. The Kier molecular flexibility index (Phi) is 5.56. The highest BCUT2D eigenvalue weighted by Gasteiger charge is 2.34. The summed E-state index contributed by atoms with van der Waals surface area (Å²) >= 11 is 1.96. The van der Waals surface area contributed by atoms with Crippen molar-refractivity contribution in [3.63, 3.8) is 0 Å². The molecule has 3 nitrogen and oxygen atoms in total. The fourth-order valence-corrected chi connectivity index (χ4v) is 4.54. The first-order valence-electron chi connectivity index (χ1n) is 9.15. The quantitative estimate of drug-likeness (QED) is 0.836. The van der Waals surface area contributed by atoms with Gasteiger partial charge in [0.2, 0.25) is 5.91 Å². The van der Waals surface area contributed by atoms with Crippen molar-refractivity contribution < 1.29 is 4.79 Å². The molecule has 132 valence electrons. The Hall–Kier alpha value is -1.00. The maximum Gasteiger partial charge on any atom is 0.239 e. The van der Waals surface area contributed by atoms with E-state index < -0.39 is 0 Å². The van der Waals surface area contributed by atoms with Crippen LogP contribution in [-0.4, -0.2) is 52.9 Å². The third kappa shape index (κ3) is 4.15. The van der Waals surface area contributed by atoms with Crippen molar-refractivity contribution in [3.8, 4) is 0 Å². The van der Waals surface area contributed by atoms with Gasteiger partial charge in [0.15, 0.2) is 0 Å². The Labute approximate surface area is 150 Å². The summed E-state index contributed by atoms with van der Waals surface area (Å²) in [6.07, 6.45) is 2.15. The number of benzene rings is 1. The van der Waals surface area contributed by atoms with Crippen LogP contribution in [0.15, 0.2) is 24.3 Å².